The number of hydrogen-bond donors (Lipinski definition) is 0. The summed E-state index contributed by atoms with van der Waals surface area (Å²) in [7, 11) is 0. The van der Waals surface area contributed by atoms with Gasteiger partial charge in [0.15, 0.2) is 0 Å². The van der Waals surface area contributed by atoms with Crippen LogP contribution >= 0.6 is 0 Å². The molecule has 0 heterocycles. The zero-order chi connectivity index (χ0) is 11.3. The average molecular weight is 202 g/mol. The lowest BCUT2D eigenvalue weighted by Crippen LogP contribution is -1.88. The molecule has 0 aromatic heterocycles. The highest BCUT2D eigenvalue weighted by Gasteiger charge is 2.05. The van der Waals surface area contributed by atoms with Crippen molar-refractivity contribution >= 4 is 11.3 Å². The molecule has 0 aliphatic rings. The van der Waals surface area contributed by atoms with E-state index >= 15 is 0 Å². The van der Waals surface area contributed by atoms with Gasteiger partial charge < -0.3 is 0 Å². The SMILES string of the molecule is CC/C=C(\C#N)c1ccc([N+](=O)[O-])cc1. The van der Waals surface area contributed by atoms with E-state index < -0.39 is 4.92 Å². The Hall–Kier alpha value is -2.15. The minimum absolute atomic E-state index is 0.0348. The van der Waals surface area contributed by atoms with E-state index in [1.807, 2.05) is 6.92 Å². The van der Waals surface area contributed by atoms with Crippen LogP contribution in [-0.4, -0.2) is 4.92 Å². The molecule has 4 nitrogen and oxygen atoms in total. The third-order valence-corrected chi connectivity index (χ3v) is 1.92. The highest BCUT2D eigenvalue weighted by molar-refractivity contribution is 5.76. The van der Waals surface area contributed by atoms with E-state index in [4.69, 9.17) is 5.26 Å². The number of nitrogens with zero attached hydrogens (tertiary/aromatic N) is 2. The van der Waals surface area contributed by atoms with Crippen molar-refractivity contribution in [3.05, 3.63) is 46.0 Å². The Balaban J connectivity index is 3.04. The largest absolute Gasteiger partial charge is 0.269 e. The first-order chi connectivity index (χ1) is 7.19. The van der Waals surface area contributed by atoms with Gasteiger partial charge in [-0.05, 0) is 24.1 Å². The zero-order valence-corrected chi connectivity index (χ0v) is 8.30. The Morgan fingerprint density at radius 2 is 2.13 bits per heavy atom. The van der Waals surface area contributed by atoms with Crippen LogP contribution in [0.4, 0.5) is 5.69 Å². The Kier molecular flexibility index (Phi) is 3.58. The van der Waals surface area contributed by atoms with Gasteiger partial charge in [-0.3, -0.25) is 10.1 Å². The summed E-state index contributed by atoms with van der Waals surface area (Å²) in [5.41, 5.74) is 1.30. The molecule has 0 spiro atoms. The molecular weight excluding hydrogens is 192 g/mol. The molecule has 0 N–H and O–H groups in total. The van der Waals surface area contributed by atoms with Crippen LogP contribution in [0.5, 0.6) is 0 Å². The maximum absolute atomic E-state index is 10.4. The Bertz CT molecular complexity index is 427. The lowest BCUT2D eigenvalue weighted by molar-refractivity contribution is -0.384. The normalized spacial score (nSPS) is 10.8. The number of rotatable bonds is 3. The smallest absolute Gasteiger partial charge is 0.258 e. The van der Waals surface area contributed by atoms with Gasteiger partial charge in [-0.2, -0.15) is 5.26 Å². The first kappa shape index (κ1) is 10.9. The number of nitro groups is 1. The molecule has 1 rings (SSSR count). The van der Waals surface area contributed by atoms with Crippen molar-refractivity contribution in [3.8, 4) is 6.07 Å². The summed E-state index contributed by atoms with van der Waals surface area (Å²) in [6, 6.07) is 8.03. The fourth-order valence-electron chi connectivity index (χ4n) is 1.19. The van der Waals surface area contributed by atoms with Gasteiger partial charge in [-0.25, -0.2) is 0 Å². The fraction of sp³-hybridized carbons (Fsp3) is 0.182. The molecule has 76 valence electrons. The van der Waals surface area contributed by atoms with E-state index in [-0.39, 0.29) is 5.69 Å². The van der Waals surface area contributed by atoms with E-state index in [9.17, 15) is 10.1 Å². The maximum Gasteiger partial charge on any atom is 0.269 e. The summed E-state index contributed by atoms with van der Waals surface area (Å²) in [4.78, 5) is 9.94. The lowest BCUT2D eigenvalue weighted by Gasteiger charge is -1.97. The van der Waals surface area contributed by atoms with Crippen molar-refractivity contribution in [2.24, 2.45) is 0 Å². The van der Waals surface area contributed by atoms with Crippen LogP contribution in [0.2, 0.25) is 0 Å². The van der Waals surface area contributed by atoms with Crippen LogP contribution in [-0.2, 0) is 0 Å². The molecule has 1 aromatic carbocycles. The molecule has 0 fully saturated rings. The topological polar surface area (TPSA) is 66.9 Å². The molecule has 0 saturated carbocycles. The predicted molar refractivity (Wildman–Crippen MR) is 57.0 cm³/mol. The molecule has 1 aromatic rings. The zero-order valence-electron chi connectivity index (χ0n) is 8.30. The second-order valence-electron chi connectivity index (χ2n) is 2.94. The van der Waals surface area contributed by atoms with Crippen molar-refractivity contribution in [2.75, 3.05) is 0 Å². The molecule has 4 heteroatoms. The number of non-ortho nitro benzene ring substituents is 1. The van der Waals surface area contributed by atoms with Crippen molar-refractivity contribution in [1.82, 2.24) is 0 Å². The van der Waals surface area contributed by atoms with E-state index in [1.165, 1.54) is 12.1 Å². The van der Waals surface area contributed by atoms with Gasteiger partial charge >= 0.3 is 0 Å². The number of benzene rings is 1. The summed E-state index contributed by atoms with van der Waals surface area (Å²) in [5.74, 6) is 0. The molecule has 0 aliphatic heterocycles. The monoisotopic (exact) mass is 202 g/mol. The van der Waals surface area contributed by atoms with Gasteiger partial charge in [0.05, 0.1) is 16.6 Å². The van der Waals surface area contributed by atoms with Gasteiger partial charge in [-0.1, -0.05) is 13.0 Å². The van der Waals surface area contributed by atoms with Crippen LogP contribution in [0.1, 0.15) is 18.9 Å². The van der Waals surface area contributed by atoms with Crippen LogP contribution in [0.15, 0.2) is 30.3 Å². The van der Waals surface area contributed by atoms with Crippen LogP contribution in [0.3, 0.4) is 0 Å². The first-order valence-corrected chi connectivity index (χ1v) is 4.54. The first-order valence-electron chi connectivity index (χ1n) is 4.54. The van der Waals surface area contributed by atoms with Gasteiger partial charge in [0.25, 0.3) is 5.69 Å². The van der Waals surface area contributed by atoms with Crippen molar-refractivity contribution < 1.29 is 4.92 Å². The average Bonchev–Trinajstić information content (AvgIpc) is 2.26. The quantitative estimate of drug-likeness (QED) is 0.430. The lowest BCUT2D eigenvalue weighted by atomic mass is 10.1. The minimum atomic E-state index is -0.459. The highest BCUT2D eigenvalue weighted by atomic mass is 16.6. The molecule has 0 aliphatic carbocycles. The summed E-state index contributed by atoms with van der Waals surface area (Å²) < 4.78 is 0. The number of nitriles is 1. The number of hydrogen-bond acceptors (Lipinski definition) is 3. The van der Waals surface area contributed by atoms with Crippen LogP contribution < -0.4 is 0 Å². The van der Waals surface area contributed by atoms with E-state index in [1.54, 1.807) is 18.2 Å². The predicted octanol–water partition coefficient (Wildman–Crippen LogP) is 2.91. The Morgan fingerprint density at radius 3 is 2.53 bits per heavy atom. The van der Waals surface area contributed by atoms with Crippen LogP contribution in [0, 0.1) is 21.4 Å². The maximum atomic E-state index is 10.4. The van der Waals surface area contributed by atoms with Gasteiger partial charge in [0.1, 0.15) is 0 Å². The molecule has 0 amide bonds. The molecule has 0 saturated heterocycles. The standard InChI is InChI=1S/C11H10N2O2/c1-2-3-10(8-12)9-4-6-11(7-5-9)13(14)15/h3-7H,2H2,1H3/b10-3+. The van der Waals surface area contributed by atoms with Crippen LogP contribution in [0.25, 0.3) is 5.57 Å². The second-order valence-corrected chi connectivity index (χ2v) is 2.94. The number of nitro benzene ring substituents is 1. The molecule has 0 unspecified atom stereocenters. The van der Waals surface area contributed by atoms with Crippen molar-refractivity contribution in [2.45, 2.75) is 13.3 Å². The number of allylic oxidation sites excluding steroid dienone is 2. The molecule has 0 bridgehead atoms. The molecular formula is C11H10N2O2. The van der Waals surface area contributed by atoms with Gasteiger partial charge in [-0.15, -0.1) is 0 Å². The highest BCUT2D eigenvalue weighted by Crippen LogP contribution is 2.18. The molecule has 15 heavy (non-hydrogen) atoms. The molecule has 0 atom stereocenters. The summed E-state index contributed by atoms with van der Waals surface area (Å²) in [5, 5.41) is 19.2. The Labute approximate surface area is 87.6 Å². The second kappa shape index (κ2) is 4.91. The minimum Gasteiger partial charge on any atom is -0.258 e. The van der Waals surface area contributed by atoms with E-state index in [2.05, 4.69) is 6.07 Å². The van der Waals surface area contributed by atoms with E-state index in [0.29, 0.717) is 11.1 Å². The van der Waals surface area contributed by atoms with Crippen molar-refractivity contribution in [3.63, 3.8) is 0 Å². The fourth-order valence-corrected chi connectivity index (χ4v) is 1.19. The Morgan fingerprint density at radius 1 is 1.53 bits per heavy atom. The van der Waals surface area contributed by atoms with Gasteiger partial charge in [0.2, 0.25) is 0 Å². The van der Waals surface area contributed by atoms with Gasteiger partial charge in [0, 0.05) is 12.1 Å². The summed E-state index contributed by atoms with van der Waals surface area (Å²) >= 11 is 0. The third-order valence-electron chi connectivity index (χ3n) is 1.92. The summed E-state index contributed by atoms with van der Waals surface area (Å²) in [6.45, 7) is 1.93. The third kappa shape index (κ3) is 2.64. The van der Waals surface area contributed by atoms with E-state index in [0.717, 1.165) is 6.42 Å². The summed E-state index contributed by atoms with van der Waals surface area (Å²) in [6.07, 6.45) is 2.56. The molecule has 0 radical (unpaired) electrons. The van der Waals surface area contributed by atoms with Crippen molar-refractivity contribution in [1.29, 1.82) is 5.26 Å².